The average Bonchev–Trinajstić information content (AvgIpc) is 2.86. The van der Waals surface area contributed by atoms with Crippen LogP contribution in [0.2, 0.25) is 5.02 Å². The lowest BCUT2D eigenvalue weighted by atomic mass is 10.1. The minimum Gasteiger partial charge on any atom is -0.493 e. The molecule has 0 radical (unpaired) electrons. The van der Waals surface area contributed by atoms with E-state index in [1.165, 1.54) is 0 Å². The van der Waals surface area contributed by atoms with Gasteiger partial charge in [0.1, 0.15) is 12.4 Å². The molecule has 11 heteroatoms. The first-order valence-electron chi connectivity index (χ1n) is 10.9. The summed E-state index contributed by atoms with van der Waals surface area (Å²) in [6.45, 7) is 6.32. The zero-order chi connectivity index (χ0) is 25.8. The van der Waals surface area contributed by atoms with Crippen molar-refractivity contribution in [2.24, 2.45) is 0 Å². The highest BCUT2D eigenvalue weighted by molar-refractivity contribution is 6.32. The fraction of sp³-hybridized carbons (Fsp3) is 0.417. The molecule has 1 aliphatic heterocycles. The van der Waals surface area contributed by atoms with Crippen LogP contribution in [0.4, 0.5) is 0 Å². The Morgan fingerprint density at radius 3 is 1.97 bits per heavy atom. The summed E-state index contributed by atoms with van der Waals surface area (Å²) in [5.41, 5.74) is 1.10. The number of nitrogens with zero attached hydrogens (tertiary/aromatic N) is 2. The maximum absolute atomic E-state index is 9.10. The minimum absolute atomic E-state index is 0.632. The summed E-state index contributed by atoms with van der Waals surface area (Å²) >= 11 is 6.13. The highest BCUT2D eigenvalue weighted by Crippen LogP contribution is 2.40. The number of carboxylic acids is 2. The van der Waals surface area contributed by atoms with Crippen molar-refractivity contribution in [1.82, 2.24) is 9.80 Å². The number of para-hydroxylation sites is 1. The second-order valence-corrected chi connectivity index (χ2v) is 7.91. The van der Waals surface area contributed by atoms with E-state index in [2.05, 4.69) is 9.80 Å². The predicted molar refractivity (Wildman–Crippen MR) is 130 cm³/mol. The number of benzene rings is 2. The summed E-state index contributed by atoms with van der Waals surface area (Å²) in [6, 6.07) is 11.6. The SMILES string of the molecule is COc1ccc(CN2CCN(CCOc3ccccc3Cl)CC2)c(OC)c1OC.O=C(O)C(=O)O. The highest BCUT2D eigenvalue weighted by Gasteiger charge is 2.21. The van der Waals surface area contributed by atoms with Crippen molar-refractivity contribution in [2.75, 3.05) is 60.7 Å². The van der Waals surface area contributed by atoms with Gasteiger partial charge in [-0.2, -0.15) is 0 Å². The molecule has 192 valence electrons. The first kappa shape index (κ1) is 28.0. The molecule has 1 saturated heterocycles. The van der Waals surface area contributed by atoms with Gasteiger partial charge in [0.05, 0.1) is 26.4 Å². The van der Waals surface area contributed by atoms with Crippen LogP contribution in [0.1, 0.15) is 5.56 Å². The van der Waals surface area contributed by atoms with E-state index in [1.807, 2.05) is 36.4 Å². The Labute approximate surface area is 209 Å². The number of methoxy groups -OCH3 is 3. The first-order chi connectivity index (χ1) is 16.8. The van der Waals surface area contributed by atoms with Gasteiger partial charge in [-0.15, -0.1) is 0 Å². The Balaban J connectivity index is 0.000000641. The molecule has 0 spiro atoms. The second-order valence-electron chi connectivity index (χ2n) is 7.50. The molecule has 0 unspecified atom stereocenters. The number of rotatable bonds is 9. The van der Waals surface area contributed by atoms with Crippen molar-refractivity contribution in [3.05, 3.63) is 47.0 Å². The molecule has 0 aliphatic carbocycles. The minimum atomic E-state index is -1.82. The third kappa shape index (κ3) is 8.50. The van der Waals surface area contributed by atoms with Gasteiger partial charge < -0.3 is 29.2 Å². The van der Waals surface area contributed by atoms with Gasteiger partial charge in [0, 0.05) is 44.8 Å². The largest absolute Gasteiger partial charge is 0.493 e. The van der Waals surface area contributed by atoms with Crippen molar-refractivity contribution >= 4 is 23.5 Å². The molecule has 1 heterocycles. The summed E-state index contributed by atoms with van der Waals surface area (Å²) in [7, 11) is 4.93. The van der Waals surface area contributed by atoms with Crippen LogP contribution in [0.25, 0.3) is 0 Å². The van der Waals surface area contributed by atoms with Crippen molar-refractivity contribution in [2.45, 2.75) is 6.54 Å². The number of halogens is 1. The van der Waals surface area contributed by atoms with Crippen LogP contribution in [0, 0.1) is 0 Å². The van der Waals surface area contributed by atoms with Gasteiger partial charge in [-0.1, -0.05) is 29.8 Å². The van der Waals surface area contributed by atoms with E-state index in [-0.39, 0.29) is 0 Å². The summed E-state index contributed by atoms with van der Waals surface area (Å²) in [6.07, 6.45) is 0. The fourth-order valence-electron chi connectivity index (χ4n) is 3.55. The molecule has 0 atom stereocenters. The number of aliphatic carboxylic acids is 2. The van der Waals surface area contributed by atoms with Crippen molar-refractivity contribution < 1.29 is 38.7 Å². The highest BCUT2D eigenvalue weighted by atomic mass is 35.5. The Bertz CT molecular complexity index is 968. The van der Waals surface area contributed by atoms with Crippen LogP contribution in [-0.2, 0) is 16.1 Å². The molecule has 0 bridgehead atoms. The van der Waals surface area contributed by atoms with Crippen molar-refractivity contribution in [3.63, 3.8) is 0 Å². The van der Waals surface area contributed by atoms with E-state index < -0.39 is 11.9 Å². The molecule has 1 fully saturated rings. The molecule has 0 saturated carbocycles. The maximum Gasteiger partial charge on any atom is 0.414 e. The van der Waals surface area contributed by atoms with Gasteiger partial charge in [-0.25, -0.2) is 9.59 Å². The lowest BCUT2D eigenvalue weighted by Gasteiger charge is -2.35. The lowest BCUT2D eigenvalue weighted by Crippen LogP contribution is -2.47. The smallest absolute Gasteiger partial charge is 0.414 e. The number of carboxylic acid groups (broad SMARTS) is 2. The van der Waals surface area contributed by atoms with Crippen molar-refractivity contribution in [1.29, 1.82) is 0 Å². The van der Waals surface area contributed by atoms with Crippen LogP contribution in [0.5, 0.6) is 23.0 Å². The molecule has 2 N–H and O–H groups in total. The van der Waals surface area contributed by atoms with E-state index in [9.17, 15) is 0 Å². The summed E-state index contributed by atoms with van der Waals surface area (Å²) in [5.74, 6) is -0.847. The van der Waals surface area contributed by atoms with Crippen molar-refractivity contribution in [3.8, 4) is 23.0 Å². The van der Waals surface area contributed by atoms with Crippen LogP contribution in [0.15, 0.2) is 36.4 Å². The monoisotopic (exact) mass is 510 g/mol. The normalized spacial score (nSPS) is 13.8. The van der Waals surface area contributed by atoms with E-state index >= 15 is 0 Å². The molecule has 1 aliphatic rings. The number of hydrogen-bond acceptors (Lipinski definition) is 8. The number of hydrogen-bond donors (Lipinski definition) is 2. The third-order valence-electron chi connectivity index (χ3n) is 5.33. The third-order valence-corrected chi connectivity index (χ3v) is 5.64. The molecular weight excluding hydrogens is 480 g/mol. The topological polar surface area (TPSA) is 118 Å². The number of piperazine rings is 1. The van der Waals surface area contributed by atoms with Gasteiger partial charge in [0.25, 0.3) is 0 Å². The Morgan fingerprint density at radius 1 is 0.829 bits per heavy atom. The summed E-state index contributed by atoms with van der Waals surface area (Å²) < 4.78 is 22.3. The van der Waals surface area contributed by atoms with Crippen LogP contribution < -0.4 is 18.9 Å². The molecule has 0 aromatic heterocycles. The van der Waals surface area contributed by atoms with Gasteiger partial charge >= 0.3 is 11.9 Å². The van der Waals surface area contributed by atoms with Crippen LogP contribution in [-0.4, -0.2) is 92.6 Å². The molecular formula is C24H31ClN2O8. The number of ether oxygens (including phenoxy) is 4. The number of carbonyl (C=O) groups is 2. The lowest BCUT2D eigenvalue weighted by molar-refractivity contribution is -0.159. The molecule has 0 amide bonds. The molecule has 35 heavy (non-hydrogen) atoms. The van der Waals surface area contributed by atoms with Crippen LogP contribution >= 0.6 is 11.6 Å². The fourth-order valence-corrected chi connectivity index (χ4v) is 3.74. The standard InChI is InChI=1S/C22H29ClN2O4.C2H2O4/c1-26-20-9-8-17(21(27-2)22(20)28-3)16-25-12-10-24(11-13-25)14-15-29-19-7-5-4-6-18(19)23;3-1(4)2(5)6/h4-9H,10-16H2,1-3H3;(H,3,4)(H,5,6). The zero-order valence-electron chi connectivity index (χ0n) is 20.0. The Morgan fingerprint density at radius 2 is 1.43 bits per heavy atom. The molecule has 3 rings (SSSR count). The maximum atomic E-state index is 9.10. The summed E-state index contributed by atoms with van der Waals surface area (Å²) in [4.78, 5) is 23.0. The molecule has 10 nitrogen and oxygen atoms in total. The second kappa shape index (κ2) is 14.2. The van der Waals surface area contributed by atoms with E-state index in [4.69, 9.17) is 50.4 Å². The Hall–Kier alpha value is -3.21. The van der Waals surface area contributed by atoms with Gasteiger partial charge in [-0.05, 0) is 18.2 Å². The Kier molecular flexibility index (Phi) is 11.4. The van der Waals surface area contributed by atoms with E-state index in [0.717, 1.165) is 56.3 Å². The summed E-state index contributed by atoms with van der Waals surface area (Å²) in [5, 5.41) is 15.4. The zero-order valence-corrected chi connectivity index (χ0v) is 20.8. The average molecular weight is 511 g/mol. The molecule has 2 aromatic carbocycles. The van der Waals surface area contributed by atoms with Gasteiger partial charge in [0.15, 0.2) is 11.5 Å². The first-order valence-corrected chi connectivity index (χ1v) is 11.2. The van der Waals surface area contributed by atoms with Crippen LogP contribution in [0.3, 0.4) is 0 Å². The van der Waals surface area contributed by atoms with E-state index in [0.29, 0.717) is 23.1 Å². The van der Waals surface area contributed by atoms with E-state index in [1.54, 1.807) is 21.3 Å². The molecule has 2 aromatic rings. The van der Waals surface area contributed by atoms with Gasteiger partial charge in [-0.3, -0.25) is 9.80 Å². The van der Waals surface area contributed by atoms with Gasteiger partial charge in [0.2, 0.25) is 5.75 Å². The quantitative estimate of drug-likeness (QED) is 0.487. The predicted octanol–water partition coefficient (Wildman–Crippen LogP) is 2.72.